The Morgan fingerprint density at radius 3 is 2.67 bits per heavy atom. The van der Waals surface area contributed by atoms with E-state index in [0.717, 1.165) is 0 Å². The third-order valence-corrected chi connectivity index (χ3v) is 0.738. The van der Waals surface area contributed by atoms with Crippen LogP contribution in [0.2, 0.25) is 0 Å². The molecule has 0 atom stereocenters. The van der Waals surface area contributed by atoms with Gasteiger partial charge in [-0.05, 0) is 13.0 Å². The van der Waals surface area contributed by atoms with Gasteiger partial charge in [0.05, 0.1) is 5.57 Å². The molecule has 9 heavy (non-hydrogen) atoms. The van der Waals surface area contributed by atoms with Gasteiger partial charge >= 0.3 is 5.97 Å². The van der Waals surface area contributed by atoms with E-state index in [1.165, 1.54) is 19.1 Å². The molecule has 0 aliphatic heterocycles. The van der Waals surface area contributed by atoms with Gasteiger partial charge < -0.3 is 5.11 Å². The number of allylic oxidation sites excluding steroid dienone is 1. The Hall–Kier alpha value is -1.27. The summed E-state index contributed by atoms with van der Waals surface area (Å²) >= 11 is 0. The Morgan fingerprint density at radius 1 is 1.78 bits per heavy atom. The summed E-state index contributed by atoms with van der Waals surface area (Å²) < 4.78 is 0. The molecule has 0 saturated heterocycles. The average Bonchev–Trinajstić information content (AvgIpc) is 1.82. The summed E-state index contributed by atoms with van der Waals surface area (Å²) in [5, 5.41) is 8.25. The van der Waals surface area contributed by atoms with Crippen LogP contribution in [0.25, 0.3) is 0 Å². The van der Waals surface area contributed by atoms with E-state index in [2.05, 4.69) is 12.3 Å². The van der Waals surface area contributed by atoms with Crippen molar-refractivity contribution >= 4 is 5.97 Å². The first-order valence-electron chi connectivity index (χ1n) is 2.46. The molecular formula is C7H8O2. The lowest BCUT2D eigenvalue weighted by Gasteiger charge is -1.81. The summed E-state index contributed by atoms with van der Waals surface area (Å²) in [4.78, 5) is 10.1. The van der Waals surface area contributed by atoms with Crippen molar-refractivity contribution < 1.29 is 9.90 Å². The zero-order chi connectivity index (χ0) is 7.28. The average molecular weight is 124 g/mol. The maximum absolute atomic E-state index is 10.1. The van der Waals surface area contributed by atoms with E-state index < -0.39 is 5.97 Å². The fourth-order valence-corrected chi connectivity index (χ4v) is 0.246. The van der Waals surface area contributed by atoms with Gasteiger partial charge in [0.25, 0.3) is 0 Å². The van der Waals surface area contributed by atoms with Gasteiger partial charge in [-0.3, -0.25) is 0 Å². The molecular weight excluding hydrogens is 116 g/mol. The second kappa shape index (κ2) is 3.70. The molecule has 0 spiro atoms. The van der Waals surface area contributed by atoms with Crippen LogP contribution in [-0.4, -0.2) is 11.1 Å². The maximum atomic E-state index is 10.1. The van der Waals surface area contributed by atoms with Crippen molar-refractivity contribution in [2.24, 2.45) is 0 Å². The minimum atomic E-state index is -0.951. The molecule has 0 unspecified atom stereocenters. The lowest BCUT2D eigenvalue weighted by atomic mass is 10.3. The molecule has 0 aromatic rings. The summed E-state index contributed by atoms with van der Waals surface area (Å²) in [6, 6.07) is 0. The number of rotatable bonds is 2. The minimum Gasteiger partial charge on any atom is -0.477 e. The smallest absolute Gasteiger partial charge is 0.339 e. The van der Waals surface area contributed by atoms with Gasteiger partial charge in [0, 0.05) is 0 Å². The number of carbonyl (C=O) groups is 1. The highest BCUT2D eigenvalue weighted by Gasteiger charge is 1.94. The number of hydrogen-bond acceptors (Lipinski definition) is 1. The molecule has 0 aliphatic carbocycles. The van der Waals surface area contributed by atoms with Crippen LogP contribution in [0.1, 0.15) is 6.92 Å². The van der Waals surface area contributed by atoms with Crippen molar-refractivity contribution in [3.63, 3.8) is 0 Å². The van der Waals surface area contributed by atoms with E-state index >= 15 is 0 Å². The lowest BCUT2D eigenvalue weighted by Crippen LogP contribution is -1.93. The van der Waals surface area contributed by atoms with Crippen LogP contribution < -0.4 is 0 Å². The van der Waals surface area contributed by atoms with Crippen molar-refractivity contribution in [3.05, 3.63) is 30.0 Å². The van der Waals surface area contributed by atoms with Crippen LogP contribution in [0.5, 0.6) is 0 Å². The molecule has 2 nitrogen and oxygen atoms in total. The van der Waals surface area contributed by atoms with Gasteiger partial charge in [-0.25, -0.2) is 4.79 Å². The van der Waals surface area contributed by atoms with Crippen LogP contribution >= 0.6 is 0 Å². The van der Waals surface area contributed by atoms with Gasteiger partial charge in [0.2, 0.25) is 0 Å². The van der Waals surface area contributed by atoms with Crippen molar-refractivity contribution in [2.45, 2.75) is 6.92 Å². The second-order valence-corrected chi connectivity index (χ2v) is 1.48. The topological polar surface area (TPSA) is 37.3 Å². The van der Waals surface area contributed by atoms with Gasteiger partial charge in [0.15, 0.2) is 0 Å². The monoisotopic (exact) mass is 124 g/mol. The van der Waals surface area contributed by atoms with E-state index in [9.17, 15) is 4.79 Å². The number of carboxylic acids is 1. The minimum absolute atomic E-state index is 0.190. The number of hydrogen-bond donors (Lipinski definition) is 1. The van der Waals surface area contributed by atoms with Gasteiger partial charge in [-0.15, -0.1) is 5.73 Å². The first-order chi connectivity index (χ1) is 4.18. The zero-order valence-electron chi connectivity index (χ0n) is 5.22. The van der Waals surface area contributed by atoms with Crippen LogP contribution in [0, 0.1) is 0 Å². The highest BCUT2D eigenvalue weighted by atomic mass is 16.4. The van der Waals surface area contributed by atoms with Crippen LogP contribution in [0.3, 0.4) is 0 Å². The van der Waals surface area contributed by atoms with Crippen molar-refractivity contribution in [3.8, 4) is 0 Å². The standard InChI is InChI=1S/C7H8O2/c1-3-4-5-6(2)7(8)9/h3-4H,1H2,2H3,(H,8,9). The van der Waals surface area contributed by atoms with Crippen molar-refractivity contribution in [1.82, 2.24) is 0 Å². The first-order valence-corrected chi connectivity index (χ1v) is 2.46. The SMILES string of the molecule is C=CC=C=C(C)C(=O)O. The Bertz CT molecular complexity index is 183. The number of carboxylic acid groups (broad SMARTS) is 1. The fraction of sp³-hybridized carbons (Fsp3) is 0.143. The fourth-order valence-electron chi connectivity index (χ4n) is 0.246. The highest BCUT2D eigenvalue weighted by molar-refractivity contribution is 5.85. The van der Waals surface area contributed by atoms with Crippen LogP contribution in [0.15, 0.2) is 30.0 Å². The molecule has 0 bridgehead atoms. The molecule has 0 amide bonds. The van der Waals surface area contributed by atoms with Crippen LogP contribution in [-0.2, 0) is 4.79 Å². The maximum Gasteiger partial charge on any atom is 0.339 e. The Morgan fingerprint density at radius 2 is 2.33 bits per heavy atom. The first kappa shape index (κ1) is 7.73. The molecule has 2 heteroatoms. The van der Waals surface area contributed by atoms with E-state index in [4.69, 9.17) is 5.11 Å². The molecule has 0 aromatic carbocycles. The van der Waals surface area contributed by atoms with Gasteiger partial charge in [0.1, 0.15) is 0 Å². The molecule has 0 rings (SSSR count). The third kappa shape index (κ3) is 3.32. The predicted molar refractivity (Wildman–Crippen MR) is 35.1 cm³/mol. The quantitative estimate of drug-likeness (QED) is 0.343. The van der Waals surface area contributed by atoms with E-state index in [0.29, 0.717) is 0 Å². The Balaban J connectivity index is 4.33. The zero-order valence-corrected chi connectivity index (χ0v) is 5.22. The summed E-state index contributed by atoms with van der Waals surface area (Å²) in [6.45, 7) is 4.84. The Kier molecular flexibility index (Phi) is 3.18. The summed E-state index contributed by atoms with van der Waals surface area (Å²) in [7, 11) is 0. The normalized spacial score (nSPS) is 7.22. The van der Waals surface area contributed by atoms with E-state index in [1.807, 2.05) is 0 Å². The Labute approximate surface area is 53.8 Å². The molecule has 0 aliphatic rings. The predicted octanol–water partition coefficient (Wildman–Crippen LogP) is 1.36. The van der Waals surface area contributed by atoms with E-state index in [1.54, 1.807) is 0 Å². The van der Waals surface area contributed by atoms with Gasteiger partial charge in [-0.2, -0.15) is 0 Å². The molecule has 0 radical (unpaired) electrons. The molecule has 0 saturated carbocycles. The van der Waals surface area contributed by atoms with E-state index in [-0.39, 0.29) is 5.57 Å². The second-order valence-electron chi connectivity index (χ2n) is 1.48. The third-order valence-electron chi connectivity index (χ3n) is 0.738. The largest absolute Gasteiger partial charge is 0.477 e. The molecule has 1 N–H and O–H groups in total. The van der Waals surface area contributed by atoms with Gasteiger partial charge in [-0.1, -0.05) is 12.7 Å². The highest BCUT2D eigenvalue weighted by Crippen LogP contribution is 1.86. The lowest BCUT2D eigenvalue weighted by molar-refractivity contribution is -0.132. The molecule has 48 valence electrons. The van der Waals surface area contributed by atoms with Crippen molar-refractivity contribution in [2.75, 3.05) is 0 Å². The van der Waals surface area contributed by atoms with Crippen LogP contribution in [0.4, 0.5) is 0 Å². The van der Waals surface area contributed by atoms with Crippen molar-refractivity contribution in [1.29, 1.82) is 0 Å². The summed E-state index contributed by atoms with van der Waals surface area (Å²) in [6.07, 6.45) is 2.94. The molecule has 0 fully saturated rings. The summed E-state index contributed by atoms with van der Waals surface area (Å²) in [5.41, 5.74) is 2.70. The number of aliphatic carboxylic acids is 1. The summed E-state index contributed by atoms with van der Waals surface area (Å²) in [5.74, 6) is -0.951. The molecule has 0 aromatic heterocycles. The molecule has 0 heterocycles.